The van der Waals surface area contributed by atoms with Gasteiger partial charge in [0, 0.05) is 58.9 Å². The minimum Gasteiger partial charge on any atom is -0.314 e. The van der Waals surface area contributed by atoms with Crippen LogP contribution in [0.1, 0.15) is 11.4 Å². The summed E-state index contributed by atoms with van der Waals surface area (Å²) in [5.74, 6) is 0. The monoisotopic (exact) mass is 283 g/mol. The number of rotatable bonds is 3. The number of aryl methyl sites for hydroxylation is 2. The summed E-state index contributed by atoms with van der Waals surface area (Å²) < 4.78 is 1.91. The maximum absolute atomic E-state index is 6.30. The van der Waals surface area contributed by atoms with Crippen LogP contribution < -0.4 is 5.32 Å². The summed E-state index contributed by atoms with van der Waals surface area (Å²) in [5.41, 5.74) is 2.07. The molecule has 0 aromatic carbocycles. The second kappa shape index (κ2) is 5.40. The molecule has 0 radical (unpaired) electrons. The van der Waals surface area contributed by atoms with Gasteiger partial charge in [0.15, 0.2) is 0 Å². The van der Waals surface area contributed by atoms with E-state index >= 15 is 0 Å². The predicted octanol–water partition coefficient (Wildman–Crippen LogP) is 0.471. The number of hydrogen-bond acceptors (Lipinski definition) is 4. The van der Waals surface area contributed by atoms with Crippen molar-refractivity contribution in [3.8, 4) is 0 Å². The Labute approximate surface area is 119 Å². The zero-order valence-electron chi connectivity index (χ0n) is 11.7. The minimum absolute atomic E-state index is 0.732. The van der Waals surface area contributed by atoms with Crippen molar-refractivity contribution in [2.45, 2.75) is 19.5 Å². The highest BCUT2D eigenvalue weighted by Crippen LogP contribution is 2.24. The van der Waals surface area contributed by atoms with E-state index in [4.69, 9.17) is 11.6 Å². The molecular weight excluding hydrogens is 262 g/mol. The van der Waals surface area contributed by atoms with E-state index in [2.05, 4.69) is 20.2 Å². The van der Waals surface area contributed by atoms with Crippen molar-refractivity contribution in [3.05, 3.63) is 16.4 Å². The quantitative estimate of drug-likeness (QED) is 0.875. The molecule has 2 aliphatic rings. The fourth-order valence-electron chi connectivity index (χ4n) is 3.01. The molecule has 6 heteroatoms. The molecule has 1 aromatic heterocycles. The molecule has 0 saturated carbocycles. The van der Waals surface area contributed by atoms with Crippen molar-refractivity contribution in [2.75, 3.05) is 39.3 Å². The van der Waals surface area contributed by atoms with Gasteiger partial charge in [-0.2, -0.15) is 5.10 Å². The molecule has 2 fully saturated rings. The first-order valence-corrected chi connectivity index (χ1v) is 7.38. The minimum atomic E-state index is 0.732. The Bertz CT molecular complexity index is 446. The third kappa shape index (κ3) is 2.65. The van der Waals surface area contributed by atoms with Gasteiger partial charge in [-0.05, 0) is 6.92 Å². The molecule has 2 saturated heterocycles. The van der Waals surface area contributed by atoms with Crippen LogP contribution in [0, 0.1) is 6.92 Å². The summed E-state index contributed by atoms with van der Waals surface area (Å²) in [4.78, 5) is 5.05. The Balaban J connectivity index is 1.53. The van der Waals surface area contributed by atoms with Crippen LogP contribution in [-0.2, 0) is 13.6 Å². The Morgan fingerprint density at radius 3 is 2.58 bits per heavy atom. The number of piperazine rings is 1. The molecule has 0 bridgehead atoms. The highest BCUT2D eigenvalue weighted by molar-refractivity contribution is 6.31. The Hall–Kier alpha value is -0.620. The van der Waals surface area contributed by atoms with Crippen LogP contribution >= 0.6 is 11.6 Å². The lowest BCUT2D eigenvalue weighted by Gasteiger charge is -2.46. The van der Waals surface area contributed by atoms with Gasteiger partial charge in [-0.3, -0.25) is 14.5 Å². The first-order chi connectivity index (χ1) is 9.15. The molecule has 3 heterocycles. The molecule has 0 spiro atoms. The first-order valence-electron chi connectivity index (χ1n) is 7.00. The summed E-state index contributed by atoms with van der Waals surface area (Å²) in [6.07, 6.45) is 0. The van der Waals surface area contributed by atoms with Gasteiger partial charge >= 0.3 is 0 Å². The molecule has 19 heavy (non-hydrogen) atoms. The zero-order chi connectivity index (χ0) is 13.4. The van der Waals surface area contributed by atoms with E-state index in [-0.39, 0.29) is 0 Å². The average Bonchev–Trinajstić information content (AvgIpc) is 2.60. The maximum Gasteiger partial charge on any atom is 0.0860 e. The third-order valence-electron chi connectivity index (χ3n) is 4.24. The molecule has 0 aliphatic carbocycles. The third-order valence-corrected chi connectivity index (χ3v) is 4.73. The standard InChI is InChI=1S/C13H22ClN5/c1-10-13(14)12(17(2)16-10)9-18-7-11(8-18)19-5-3-15-4-6-19/h11,15H,3-9H2,1-2H3. The van der Waals surface area contributed by atoms with Crippen molar-refractivity contribution in [2.24, 2.45) is 7.05 Å². The topological polar surface area (TPSA) is 36.3 Å². The summed E-state index contributed by atoms with van der Waals surface area (Å²) in [6, 6.07) is 0.732. The summed E-state index contributed by atoms with van der Waals surface area (Å²) in [5, 5.41) is 8.60. The van der Waals surface area contributed by atoms with Gasteiger partial charge < -0.3 is 5.32 Å². The van der Waals surface area contributed by atoms with Gasteiger partial charge in [0.05, 0.1) is 16.4 Å². The van der Waals surface area contributed by atoms with Gasteiger partial charge in [-0.1, -0.05) is 11.6 Å². The number of hydrogen-bond donors (Lipinski definition) is 1. The molecule has 0 amide bonds. The second-order valence-electron chi connectivity index (χ2n) is 5.60. The lowest BCUT2D eigenvalue weighted by atomic mass is 10.1. The number of halogens is 1. The highest BCUT2D eigenvalue weighted by atomic mass is 35.5. The van der Waals surface area contributed by atoms with E-state index in [1.807, 2.05) is 18.7 Å². The van der Waals surface area contributed by atoms with Crippen molar-refractivity contribution >= 4 is 11.6 Å². The molecule has 106 valence electrons. The van der Waals surface area contributed by atoms with Crippen molar-refractivity contribution < 1.29 is 0 Å². The van der Waals surface area contributed by atoms with Gasteiger partial charge in [-0.25, -0.2) is 0 Å². The summed E-state index contributed by atoms with van der Waals surface area (Å²) in [6.45, 7) is 9.81. The van der Waals surface area contributed by atoms with Crippen LogP contribution in [0.25, 0.3) is 0 Å². The highest BCUT2D eigenvalue weighted by Gasteiger charge is 2.33. The largest absolute Gasteiger partial charge is 0.314 e. The van der Waals surface area contributed by atoms with Gasteiger partial charge in [0.1, 0.15) is 0 Å². The van der Waals surface area contributed by atoms with Crippen LogP contribution in [0.4, 0.5) is 0 Å². The van der Waals surface area contributed by atoms with Crippen molar-refractivity contribution in [3.63, 3.8) is 0 Å². The van der Waals surface area contributed by atoms with Crippen molar-refractivity contribution in [1.29, 1.82) is 0 Å². The van der Waals surface area contributed by atoms with E-state index in [9.17, 15) is 0 Å². The van der Waals surface area contributed by atoms with E-state index < -0.39 is 0 Å². The fraction of sp³-hybridized carbons (Fsp3) is 0.769. The van der Waals surface area contributed by atoms with E-state index in [1.165, 1.54) is 13.1 Å². The van der Waals surface area contributed by atoms with E-state index in [0.717, 1.165) is 55.2 Å². The Morgan fingerprint density at radius 1 is 1.32 bits per heavy atom. The normalized spacial score (nSPS) is 22.7. The molecule has 0 unspecified atom stereocenters. The number of aromatic nitrogens is 2. The molecule has 2 aliphatic heterocycles. The SMILES string of the molecule is Cc1nn(C)c(CN2CC(N3CCNCC3)C2)c1Cl. The van der Waals surface area contributed by atoms with Crippen LogP contribution in [0.2, 0.25) is 5.02 Å². The second-order valence-corrected chi connectivity index (χ2v) is 5.98. The van der Waals surface area contributed by atoms with Crippen LogP contribution in [0.3, 0.4) is 0 Å². The molecule has 1 N–H and O–H groups in total. The Morgan fingerprint density at radius 2 is 2.00 bits per heavy atom. The van der Waals surface area contributed by atoms with Crippen LogP contribution in [0.15, 0.2) is 0 Å². The van der Waals surface area contributed by atoms with Crippen LogP contribution in [0.5, 0.6) is 0 Å². The van der Waals surface area contributed by atoms with E-state index in [0.29, 0.717) is 0 Å². The zero-order valence-corrected chi connectivity index (χ0v) is 12.4. The number of likely N-dealkylation sites (tertiary alicyclic amines) is 1. The van der Waals surface area contributed by atoms with Crippen LogP contribution in [-0.4, -0.2) is 64.9 Å². The number of nitrogens with zero attached hydrogens (tertiary/aromatic N) is 4. The molecule has 3 rings (SSSR count). The molecule has 5 nitrogen and oxygen atoms in total. The average molecular weight is 284 g/mol. The van der Waals surface area contributed by atoms with Gasteiger partial charge in [-0.15, -0.1) is 0 Å². The maximum atomic E-state index is 6.30. The van der Waals surface area contributed by atoms with E-state index in [1.54, 1.807) is 0 Å². The lowest BCUT2D eigenvalue weighted by molar-refractivity contribution is 0.0210. The smallest absolute Gasteiger partial charge is 0.0860 e. The predicted molar refractivity (Wildman–Crippen MR) is 76.5 cm³/mol. The first kappa shape index (κ1) is 13.4. The number of nitrogens with one attached hydrogen (secondary N) is 1. The lowest BCUT2D eigenvalue weighted by Crippen LogP contribution is -2.62. The van der Waals surface area contributed by atoms with Gasteiger partial charge in [0.2, 0.25) is 0 Å². The fourth-order valence-corrected chi connectivity index (χ4v) is 3.23. The van der Waals surface area contributed by atoms with Gasteiger partial charge in [0.25, 0.3) is 0 Å². The molecule has 0 atom stereocenters. The Kier molecular flexibility index (Phi) is 3.80. The summed E-state index contributed by atoms with van der Waals surface area (Å²) in [7, 11) is 1.97. The molecule has 1 aromatic rings. The molecular formula is C13H22ClN5. The van der Waals surface area contributed by atoms with Crippen molar-refractivity contribution in [1.82, 2.24) is 24.9 Å². The summed E-state index contributed by atoms with van der Waals surface area (Å²) >= 11 is 6.30.